The van der Waals surface area contributed by atoms with Crippen molar-refractivity contribution in [2.45, 2.75) is 57.3 Å². The van der Waals surface area contributed by atoms with Crippen LogP contribution in [0.4, 0.5) is 13.2 Å². The van der Waals surface area contributed by atoms with Crippen LogP contribution in [0.5, 0.6) is 0 Å². The van der Waals surface area contributed by atoms with Crippen molar-refractivity contribution in [1.82, 2.24) is 10.2 Å². The number of halogens is 3. The minimum Gasteiger partial charge on any atom is -0.353 e. The van der Waals surface area contributed by atoms with Crippen LogP contribution in [0, 0.1) is 5.92 Å². The molecule has 138 valence electrons. The molecule has 3 nitrogen and oxygen atoms in total. The number of nitrogens with zero attached hydrogens (tertiary/aromatic N) is 1. The summed E-state index contributed by atoms with van der Waals surface area (Å²) >= 11 is 0. The molecule has 2 fully saturated rings. The Balaban J connectivity index is 1.52. The number of alkyl halides is 3. The summed E-state index contributed by atoms with van der Waals surface area (Å²) in [5.41, 5.74) is -0.205. The van der Waals surface area contributed by atoms with Gasteiger partial charge in [0, 0.05) is 25.6 Å². The molecule has 0 aromatic heterocycles. The Morgan fingerprint density at radius 1 is 1.20 bits per heavy atom. The number of rotatable bonds is 6. The fourth-order valence-electron chi connectivity index (χ4n) is 3.57. The molecule has 1 heterocycles. The summed E-state index contributed by atoms with van der Waals surface area (Å²) in [5, 5.41) is 2.99. The zero-order valence-corrected chi connectivity index (χ0v) is 14.3. The number of nitrogens with one attached hydrogen (secondary N) is 1. The molecule has 6 heteroatoms. The van der Waals surface area contributed by atoms with Gasteiger partial charge in [-0.2, -0.15) is 13.2 Å². The molecule has 0 spiro atoms. The molecule has 1 saturated heterocycles. The minimum atomic E-state index is -4.31. The molecule has 3 rings (SSSR count). The summed E-state index contributed by atoms with van der Waals surface area (Å²) in [6, 6.07) is 6.20. The molecule has 25 heavy (non-hydrogen) atoms. The molecule has 1 saturated carbocycles. The van der Waals surface area contributed by atoms with E-state index in [0.717, 1.165) is 51.3 Å². The van der Waals surface area contributed by atoms with Crippen molar-refractivity contribution < 1.29 is 18.0 Å². The van der Waals surface area contributed by atoms with E-state index >= 15 is 0 Å². The molecule has 1 aromatic carbocycles. The van der Waals surface area contributed by atoms with E-state index in [1.165, 1.54) is 6.07 Å². The van der Waals surface area contributed by atoms with Crippen LogP contribution in [0.2, 0.25) is 0 Å². The van der Waals surface area contributed by atoms with E-state index in [-0.39, 0.29) is 5.91 Å². The van der Waals surface area contributed by atoms with E-state index in [0.29, 0.717) is 30.5 Å². The van der Waals surface area contributed by atoms with E-state index in [9.17, 15) is 18.0 Å². The number of likely N-dealkylation sites (tertiary alicyclic amines) is 1. The predicted octanol–water partition coefficient (Wildman–Crippen LogP) is 3.98. The van der Waals surface area contributed by atoms with Crippen molar-refractivity contribution in [1.29, 1.82) is 0 Å². The van der Waals surface area contributed by atoms with E-state index in [2.05, 4.69) is 10.2 Å². The fraction of sp³-hybridized carbons (Fsp3) is 0.632. The first-order valence-corrected chi connectivity index (χ1v) is 9.08. The zero-order valence-electron chi connectivity index (χ0n) is 14.3. The van der Waals surface area contributed by atoms with Gasteiger partial charge in [0.1, 0.15) is 0 Å². The van der Waals surface area contributed by atoms with Crippen LogP contribution in [0.25, 0.3) is 0 Å². The van der Waals surface area contributed by atoms with Gasteiger partial charge in [-0.15, -0.1) is 0 Å². The summed E-state index contributed by atoms with van der Waals surface area (Å²) in [5.74, 6) is 0.499. The molecular weight excluding hydrogens is 329 g/mol. The average molecular weight is 354 g/mol. The highest BCUT2D eigenvalue weighted by Crippen LogP contribution is 2.33. The van der Waals surface area contributed by atoms with Gasteiger partial charge in [0.2, 0.25) is 5.91 Å². The highest BCUT2D eigenvalue weighted by molar-refractivity contribution is 5.76. The van der Waals surface area contributed by atoms with Gasteiger partial charge < -0.3 is 5.32 Å². The number of hydrogen-bond acceptors (Lipinski definition) is 2. The number of amides is 1. The smallest absolute Gasteiger partial charge is 0.353 e. The first kappa shape index (κ1) is 18.2. The van der Waals surface area contributed by atoms with Crippen LogP contribution in [-0.2, 0) is 17.5 Å². The van der Waals surface area contributed by atoms with Crippen LogP contribution in [0.1, 0.15) is 49.7 Å². The van der Waals surface area contributed by atoms with Gasteiger partial charge in [-0.05, 0) is 56.2 Å². The third kappa shape index (κ3) is 5.46. The maximum absolute atomic E-state index is 13.1. The second-order valence-corrected chi connectivity index (χ2v) is 7.28. The van der Waals surface area contributed by atoms with E-state index in [1.54, 1.807) is 12.1 Å². The Labute approximate surface area is 146 Å². The molecule has 0 radical (unpaired) electrons. The zero-order chi connectivity index (χ0) is 17.9. The fourth-order valence-corrected chi connectivity index (χ4v) is 3.57. The first-order chi connectivity index (χ1) is 11.9. The van der Waals surface area contributed by atoms with Crippen LogP contribution in [0.15, 0.2) is 24.3 Å². The summed E-state index contributed by atoms with van der Waals surface area (Å²) in [6.45, 7) is 1.90. The third-order valence-corrected chi connectivity index (χ3v) is 5.04. The van der Waals surface area contributed by atoms with Crippen molar-refractivity contribution in [3.05, 3.63) is 35.4 Å². The predicted molar refractivity (Wildman–Crippen MR) is 89.8 cm³/mol. The quantitative estimate of drug-likeness (QED) is 0.838. The molecule has 0 bridgehead atoms. The Bertz CT molecular complexity index is 599. The van der Waals surface area contributed by atoms with E-state index in [4.69, 9.17) is 0 Å². The minimum absolute atomic E-state index is 0.113. The van der Waals surface area contributed by atoms with Crippen LogP contribution < -0.4 is 5.32 Å². The van der Waals surface area contributed by atoms with Crippen molar-refractivity contribution in [2.24, 2.45) is 5.92 Å². The lowest BCUT2D eigenvalue weighted by molar-refractivity contribution is -0.138. The van der Waals surface area contributed by atoms with Gasteiger partial charge >= 0.3 is 6.18 Å². The maximum Gasteiger partial charge on any atom is 0.416 e. The second kappa shape index (κ2) is 7.77. The van der Waals surface area contributed by atoms with Gasteiger partial charge in [0.15, 0.2) is 0 Å². The molecule has 1 amide bonds. The Morgan fingerprint density at radius 2 is 1.96 bits per heavy atom. The lowest BCUT2D eigenvalue weighted by Crippen LogP contribution is -2.36. The van der Waals surface area contributed by atoms with Crippen LogP contribution in [0.3, 0.4) is 0 Å². The monoisotopic (exact) mass is 354 g/mol. The van der Waals surface area contributed by atoms with Gasteiger partial charge in [-0.25, -0.2) is 0 Å². The maximum atomic E-state index is 13.1. The molecule has 2 aliphatic rings. The van der Waals surface area contributed by atoms with Crippen molar-refractivity contribution in [3.63, 3.8) is 0 Å². The topological polar surface area (TPSA) is 32.3 Å². The molecule has 1 aliphatic carbocycles. The summed E-state index contributed by atoms with van der Waals surface area (Å²) in [4.78, 5) is 13.9. The summed E-state index contributed by atoms with van der Waals surface area (Å²) < 4.78 is 39.4. The lowest BCUT2D eigenvalue weighted by Gasteiger charge is -2.33. The average Bonchev–Trinajstić information content (AvgIpc) is 3.37. The van der Waals surface area contributed by atoms with Gasteiger partial charge in [0.05, 0.1) is 5.56 Å². The SMILES string of the molecule is O=C(CCC1CCCN(Cc2ccccc2C(F)(F)F)C1)NC1CC1. The first-order valence-electron chi connectivity index (χ1n) is 9.08. The highest BCUT2D eigenvalue weighted by Gasteiger charge is 2.33. The standard InChI is InChI=1S/C19H25F3N2O/c20-19(21,22)17-6-2-1-5-15(17)13-24-11-3-4-14(12-24)7-10-18(25)23-16-8-9-16/h1-2,5-6,14,16H,3-4,7-13H2,(H,23,25). The van der Waals surface area contributed by atoms with Gasteiger partial charge in [-0.3, -0.25) is 9.69 Å². The van der Waals surface area contributed by atoms with Crippen molar-refractivity contribution in [3.8, 4) is 0 Å². The molecule has 1 N–H and O–H groups in total. The normalized spacial score (nSPS) is 22.0. The summed E-state index contributed by atoms with van der Waals surface area (Å²) in [6.07, 6.45) is 1.22. The third-order valence-electron chi connectivity index (χ3n) is 5.04. The number of benzene rings is 1. The summed E-state index contributed by atoms with van der Waals surface area (Å²) in [7, 11) is 0. The van der Waals surface area contributed by atoms with Gasteiger partial charge in [0.25, 0.3) is 0 Å². The molecular formula is C19H25F3N2O. The second-order valence-electron chi connectivity index (χ2n) is 7.28. The molecule has 1 unspecified atom stereocenters. The molecule has 1 atom stereocenters. The lowest BCUT2D eigenvalue weighted by atomic mass is 9.92. The largest absolute Gasteiger partial charge is 0.416 e. The van der Waals surface area contributed by atoms with Crippen LogP contribution in [-0.4, -0.2) is 29.9 Å². The number of piperidine rings is 1. The van der Waals surface area contributed by atoms with E-state index < -0.39 is 11.7 Å². The Kier molecular flexibility index (Phi) is 5.67. The van der Waals surface area contributed by atoms with Crippen molar-refractivity contribution >= 4 is 5.91 Å². The number of hydrogen-bond donors (Lipinski definition) is 1. The Morgan fingerprint density at radius 3 is 2.68 bits per heavy atom. The molecule has 1 aromatic rings. The van der Waals surface area contributed by atoms with E-state index in [1.807, 2.05) is 0 Å². The molecule has 1 aliphatic heterocycles. The van der Waals surface area contributed by atoms with Crippen LogP contribution >= 0.6 is 0 Å². The van der Waals surface area contributed by atoms with Crippen molar-refractivity contribution in [2.75, 3.05) is 13.1 Å². The number of carbonyl (C=O) groups is 1. The Hall–Kier alpha value is -1.56. The van der Waals surface area contributed by atoms with Gasteiger partial charge in [-0.1, -0.05) is 18.2 Å². The highest BCUT2D eigenvalue weighted by atomic mass is 19.4. The number of carbonyl (C=O) groups excluding carboxylic acids is 1.